The number of hydrogen-bond acceptors (Lipinski definition) is 3. The van der Waals surface area contributed by atoms with Crippen LogP contribution in [-0.4, -0.2) is 25.2 Å². The van der Waals surface area contributed by atoms with Crippen LogP contribution in [-0.2, 0) is 9.63 Å². The first-order valence-electron chi connectivity index (χ1n) is 5.12. The summed E-state index contributed by atoms with van der Waals surface area (Å²) in [7, 11) is 0. The fourth-order valence-electron chi connectivity index (χ4n) is 1.93. The van der Waals surface area contributed by atoms with Gasteiger partial charge in [-0.15, -0.1) is 0 Å². The molecule has 0 aromatic heterocycles. The number of rotatable bonds is 4. The molecular formula is C9H15F3N2O2. The molecule has 94 valence electrons. The first-order chi connectivity index (χ1) is 7.44. The molecule has 4 nitrogen and oxygen atoms in total. The second-order valence-corrected chi connectivity index (χ2v) is 3.90. The molecule has 16 heavy (non-hydrogen) atoms. The first kappa shape index (κ1) is 13.2. The van der Waals surface area contributed by atoms with Crippen LogP contribution in [0.3, 0.4) is 0 Å². The Morgan fingerprint density at radius 1 is 1.44 bits per heavy atom. The fourth-order valence-corrected chi connectivity index (χ4v) is 1.93. The minimum atomic E-state index is -4.43. The lowest BCUT2D eigenvalue weighted by Crippen LogP contribution is -2.37. The standard InChI is InChI=1S/C9H15F3N2O2/c10-9(11,12)5-16-14-8(15)7-3-1-2-6(7)4-13/h6-7H,1-5,13H2,(H,14,15). The molecule has 1 aliphatic carbocycles. The molecule has 0 heterocycles. The summed E-state index contributed by atoms with van der Waals surface area (Å²) in [5, 5.41) is 0. The normalized spacial score (nSPS) is 25.8. The van der Waals surface area contributed by atoms with Crippen molar-refractivity contribution in [1.29, 1.82) is 0 Å². The summed E-state index contributed by atoms with van der Waals surface area (Å²) >= 11 is 0. The number of nitrogens with one attached hydrogen (secondary N) is 1. The van der Waals surface area contributed by atoms with Crippen molar-refractivity contribution in [2.45, 2.75) is 25.4 Å². The minimum Gasteiger partial charge on any atom is -0.330 e. The average molecular weight is 240 g/mol. The summed E-state index contributed by atoms with van der Waals surface area (Å²) < 4.78 is 35.2. The third kappa shape index (κ3) is 3.97. The number of alkyl halides is 3. The highest BCUT2D eigenvalue weighted by Crippen LogP contribution is 2.30. The molecule has 0 aromatic carbocycles. The van der Waals surface area contributed by atoms with Crippen molar-refractivity contribution in [3.8, 4) is 0 Å². The van der Waals surface area contributed by atoms with Gasteiger partial charge in [0, 0.05) is 5.92 Å². The number of carbonyl (C=O) groups excluding carboxylic acids is 1. The van der Waals surface area contributed by atoms with Gasteiger partial charge >= 0.3 is 6.18 Å². The van der Waals surface area contributed by atoms with E-state index in [1.54, 1.807) is 0 Å². The molecule has 1 rings (SSSR count). The lowest BCUT2D eigenvalue weighted by atomic mass is 9.96. The number of halogens is 3. The highest BCUT2D eigenvalue weighted by Gasteiger charge is 2.33. The Morgan fingerprint density at radius 3 is 2.69 bits per heavy atom. The van der Waals surface area contributed by atoms with E-state index in [2.05, 4.69) is 4.84 Å². The van der Waals surface area contributed by atoms with E-state index in [4.69, 9.17) is 5.73 Å². The molecule has 7 heteroatoms. The van der Waals surface area contributed by atoms with Crippen molar-refractivity contribution in [2.24, 2.45) is 17.6 Å². The van der Waals surface area contributed by atoms with Gasteiger partial charge in [-0.3, -0.25) is 9.63 Å². The number of carbonyl (C=O) groups is 1. The van der Waals surface area contributed by atoms with Crippen molar-refractivity contribution < 1.29 is 22.8 Å². The zero-order valence-electron chi connectivity index (χ0n) is 8.72. The Kier molecular flexibility index (Phi) is 4.55. The third-order valence-corrected chi connectivity index (χ3v) is 2.71. The van der Waals surface area contributed by atoms with Crippen LogP contribution in [0.2, 0.25) is 0 Å². The summed E-state index contributed by atoms with van der Waals surface area (Å²) in [4.78, 5) is 15.5. The highest BCUT2D eigenvalue weighted by molar-refractivity contribution is 5.78. The van der Waals surface area contributed by atoms with Crippen molar-refractivity contribution in [1.82, 2.24) is 5.48 Å². The van der Waals surface area contributed by atoms with E-state index in [0.717, 1.165) is 12.8 Å². The van der Waals surface area contributed by atoms with Gasteiger partial charge in [0.05, 0.1) is 0 Å². The van der Waals surface area contributed by atoms with Gasteiger partial charge < -0.3 is 5.73 Å². The largest absolute Gasteiger partial charge is 0.414 e. The van der Waals surface area contributed by atoms with Crippen molar-refractivity contribution >= 4 is 5.91 Å². The van der Waals surface area contributed by atoms with Crippen LogP contribution in [0, 0.1) is 11.8 Å². The summed E-state index contributed by atoms with van der Waals surface area (Å²) in [6.07, 6.45) is -2.06. The van der Waals surface area contributed by atoms with E-state index < -0.39 is 18.7 Å². The van der Waals surface area contributed by atoms with Crippen molar-refractivity contribution in [2.75, 3.05) is 13.2 Å². The molecule has 0 bridgehead atoms. The lowest BCUT2D eigenvalue weighted by molar-refractivity contribution is -0.193. The molecule has 1 saturated carbocycles. The second-order valence-electron chi connectivity index (χ2n) is 3.90. The van der Waals surface area contributed by atoms with Gasteiger partial charge in [0.1, 0.15) is 0 Å². The summed E-state index contributed by atoms with van der Waals surface area (Å²) in [6, 6.07) is 0. The Balaban J connectivity index is 2.29. The lowest BCUT2D eigenvalue weighted by Gasteiger charge is -2.17. The Morgan fingerprint density at radius 2 is 2.12 bits per heavy atom. The minimum absolute atomic E-state index is 0.0505. The van der Waals surface area contributed by atoms with E-state index in [1.165, 1.54) is 0 Å². The van der Waals surface area contributed by atoms with Crippen LogP contribution in [0.15, 0.2) is 0 Å². The van der Waals surface area contributed by atoms with Crippen LogP contribution in [0.25, 0.3) is 0 Å². The number of hydrogen-bond donors (Lipinski definition) is 2. The average Bonchev–Trinajstić information content (AvgIpc) is 2.63. The molecule has 1 fully saturated rings. The van der Waals surface area contributed by atoms with E-state index in [1.807, 2.05) is 5.48 Å². The quantitative estimate of drug-likeness (QED) is 0.720. The van der Waals surface area contributed by atoms with Gasteiger partial charge in [0.2, 0.25) is 5.91 Å². The van der Waals surface area contributed by atoms with E-state index in [9.17, 15) is 18.0 Å². The van der Waals surface area contributed by atoms with Gasteiger partial charge in [-0.05, 0) is 25.3 Å². The zero-order chi connectivity index (χ0) is 12.2. The molecule has 0 spiro atoms. The maximum absolute atomic E-state index is 11.7. The van der Waals surface area contributed by atoms with E-state index in [0.29, 0.717) is 13.0 Å². The molecule has 0 aliphatic heterocycles. The Labute approximate surface area is 91.3 Å². The monoisotopic (exact) mass is 240 g/mol. The molecule has 2 unspecified atom stereocenters. The SMILES string of the molecule is NCC1CCCC1C(=O)NOCC(F)(F)F. The predicted octanol–water partition coefficient (Wildman–Crippen LogP) is 0.971. The number of hydroxylamine groups is 1. The van der Waals surface area contributed by atoms with Gasteiger partial charge in [0.25, 0.3) is 0 Å². The molecule has 0 saturated heterocycles. The van der Waals surface area contributed by atoms with Crippen LogP contribution < -0.4 is 11.2 Å². The topological polar surface area (TPSA) is 64.4 Å². The molecular weight excluding hydrogens is 225 g/mol. The van der Waals surface area contributed by atoms with E-state index in [-0.39, 0.29) is 11.8 Å². The highest BCUT2D eigenvalue weighted by atomic mass is 19.4. The molecule has 0 radical (unpaired) electrons. The summed E-state index contributed by atoms with van der Waals surface area (Å²) in [5.41, 5.74) is 7.29. The first-order valence-corrected chi connectivity index (χ1v) is 5.12. The summed E-state index contributed by atoms with van der Waals surface area (Å²) in [5.74, 6) is -0.773. The number of amides is 1. The molecule has 0 aromatic rings. The Hall–Kier alpha value is -0.820. The molecule has 2 atom stereocenters. The Bertz CT molecular complexity index is 245. The van der Waals surface area contributed by atoms with Gasteiger partial charge in [-0.2, -0.15) is 13.2 Å². The molecule has 1 aliphatic rings. The van der Waals surface area contributed by atoms with Gasteiger partial charge in [-0.1, -0.05) is 6.42 Å². The van der Waals surface area contributed by atoms with Gasteiger partial charge in [0.15, 0.2) is 6.61 Å². The third-order valence-electron chi connectivity index (χ3n) is 2.71. The second kappa shape index (κ2) is 5.49. The van der Waals surface area contributed by atoms with Crippen LogP contribution >= 0.6 is 0 Å². The smallest absolute Gasteiger partial charge is 0.330 e. The molecule has 3 N–H and O–H groups in total. The van der Waals surface area contributed by atoms with E-state index >= 15 is 0 Å². The fraction of sp³-hybridized carbons (Fsp3) is 0.889. The predicted molar refractivity (Wildman–Crippen MR) is 50.0 cm³/mol. The van der Waals surface area contributed by atoms with Crippen LogP contribution in [0.4, 0.5) is 13.2 Å². The van der Waals surface area contributed by atoms with Crippen LogP contribution in [0.1, 0.15) is 19.3 Å². The maximum Gasteiger partial charge on any atom is 0.414 e. The number of nitrogens with two attached hydrogens (primary N) is 1. The zero-order valence-corrected chi connectivity index (χ0v) is 8.72. The maximum atomic E-state index is 11.7. The van der Waals surface area contributed by atoms with Crippen molar-refractivity contribution in [3.63, 3.8) is 0 Å². The van der Waals surface area contributed by atoms with Crippen molar-refractivity contribution in [3.05, 3.63) is 0 Å². The van der Waals surface area contributed by atoms with Gasteiger partial charge in [-0.25, -0.2) is 5.48 Å². The molecule has 1 amide bonds. The summed E-state index contributed by atoms with van der Waals surface area (Å²) in [6.45, 7) is -1.10. The van der Waals surface area contributed by atoms with Crippen LogP contribution in [0.5, 0.6) is 0 Å².